The van der Waals surface area contributed by atoms with Crippen molar-refractivity contribution in [2.75, 3.05) is 19.1 Å². The normalized spacial score (nSPS) is 10.8. The maximum Gasteiger partial charge on any atom is 0.293 e. The van der Waals surface area contributed by atoms with E-state index in [4.69, 9.17) is 4.74 Å². The second-order valence-corrected chi connectivity index (χ2v) is 5.81. The fourth-order valence-electron chi connectivity index (χ4n) is 2.31. The minimum Gasteiger partial charge on any atom is -0.497 e. The van der Waals surface area contributed by atoms with Crippen LogP contribution in [0.3, 0.4) is 0 Å². The van der Waals surface area contributed by atoms with E-state index < -0.39 is 0 Å². The van der Waals surface area contributed by atoms with E-state index in [1.54, 1.807) is 24.1 Å². The summed E-state index contributed by atoms with van der Waals surface area (Å²) in [5.74, 6) is 1.71. The molecule has 0 fully saturated rings. The van der Waals surface area contributed by atoms with Crippen LogP contribution in [0.4, 0.5) is 5.82 Å². The third kappa shape index (κ3) is 3.87. The molecule has 2 aromatic rings. The Morgan fingerprint density at radius 3 is 2.55 bits per heavy atom. The van der Waals surface area contributed by atoms with Gasteiger partial charge in [0.15, 0.2) is 5.82 Å². The molecule has 2 rings (SSSR count). The van der Waals surface area contributed by atoms with Crippen LogP contribution in [-0.4, -0.2) is 23.7 Å². The lowest BCUT2D eigenvalue weighted by Crippen LogP contribution is -2.31. The second-order valence-electron chi connectivity index (χ2n) is 5.81. The summed E-state index contributed by atoms with van der Waals surface area (Å²) in [5, 5.41) is 0. The average molecular weight is 301 g/mol. The van der Waals surface area contributed by atoms with Crippen molar-refractivity contribution >= 4 is 5.82 Å². The molecule has 5 heteroatoms. The van der Waals surface area contributed by atoms with Crippen molar-refractivity contribution in [1.29, 1.82) is 0 Å². The molecule has 118 valence electrons. The first-order valence-electron chi connectivity index (χ1n) is 7.40. The number of methoxy groups -OCH3 is 1. The Hall–Kier alpha value is -2.30. The number of nitrogens with zero attached hydrogens (tertiary/aromatic N) is 3. The Balaban J connectivity index is 2.18. The highest BCUT2D eigenvalue weighted by atomic mass is 16.5. The third-order valence-electron chi connectivity index (χ3n) is 3.40. The van der Waals surface area contributed by atoms with Crippen LogP contribution in [0.1, 0.15) is 19.4 Å². The van der Waals surface area contributed by atoms with Gasteiger partial charge in [0.05, 0.1) is 7.11 Å². The standard InChI is InChI=1S/C17H23N3O2/c1-13(2)11-20-10-9-18-16(17(20)21)19(3)12-14-5-7-15(22-4)8-6-14/h5-10,13H,11-12H2,1-4H3. The van der Waals surface area contributed by atoms with Crippen molar-refractivity contribution in [2.24, 2.45) is 5.92 Å². The predicted molar refractivity (Wildman–Crippen MR) is 88.4 cm³/mol. The van der Waals surface area contributed by atoms with Crippen molar-refractivity contribution in [1.82, 2.24) is 9.55 Å². The summed E-state index contributed by atoms with van der Waals surface area (Å²) in [6, 6.07) is 7.81. The fraction of sp³-hybridized carbons (Fsp3) is 0.412. The van der Waals surface area contributed by atoms with Crippen LogP contribution < -0.4 is 15.2 Å². The molecular formula is C17H23N3O2. The predicted octanol–water partition coefficient (Wildman–Crippen LogP) is 2.54. The van der Waals surface area contributed by atoms with Gasteiger partial charge in [-0.05, 0) is 23.6 Å². The van der Waals surface area contributed by atoms with Crippen LogP contribution in [0.25, 0.3) is 0 Å². The lowest BCUT2D eigenvalue weighted by molar-refractivity contribution is 0.414. The van der Waals surface area contributed by atoms with E-state index in [1.165, 1.54) is 0 Å². The van der Waals surface area contributed by atoms with Crippen molar-refractivity contribution in [3.63, 3.8) is 0 Å². The fourth-order valence-corrected chi connectivity index (χ4v) is 2.31. The first-order chi connectivity index (χ1) is 10.5. The molecule has 5 nitrogen and oxygen atoms in total. The summed E-state index contributed by atoms with van der Waals surface area (Å²) in [5.41, 5.74) is 1.05. The summed E-state index contributed by atoms with van der Waals surface area (Å²) in [4.78, 5) is 18.6. The number of hydrogen-bond donors (Lipinski definition) is 0. The Labute approximate surface area is 131 Å². The van der Waals surface area contributed by atoms with Crippen LogP contribution in [0.15, 0.2) is 41.5 Å². The zero-order valence-electron chi connectivity index (χ0n) is 13.6. The number of anilines is 1. The minimum absolute atomic E-state index is 0.0489. The zero-order valence-corrected chi connectivity index (χ0v) is 13.6. The highest BCUT2D eigenvalue weighted by molar-refractivity contribution is 5.37. The van der Waals surface area contributed by atoms with Crippen molar-refractivity contribution in [2.45, 2.75) is 26.9 Å². The summed E-state index contributed by atoms with van der Waals surface area (Å²) in [6.07, 6.45) is 3.43. The van der Waals surface area contributed by atoms with Gasteiger partial charge in [-0.1, -0.05) is 26.0 Å². The van der Waals surface area contributed by atoms with Gasteiger partial charge >= 0.3 is 0 Å². The van der Waals surface area contributed by atoms with E-state index in [-0.39, 0.29) is 5.56 Å². The molecule has 22 heavy (non-hydrogen) atoms. The highest BCUT2D eigenvalue weighted by Gasteiger charge is 2.11. The first kappa shape index (κ1) is 16.1. The average Bonchev–Trinajstić information content (AvgIpc) is 2.49. The van der Waals surface area contributed by atoms with Crippen molar-refractivity contribution in [3.05, 3.63) is 52.6 Å². The number of ether oxygens (including phenoxy) is 1. The maximum atomic E-state index is 12.5. The van der Waals surface area contributed by atoms with Gasteiger partial charge in [-0.2, -0.15) is 0 Å². The molecule has 0 radical (unpaired) electrons. The molecule has 1 heterocycles. The van der Waals surface area contributed by atoms with Gasteiger partial charge in [0.1, 0.15) is 5.75 Å². The topological polar surface area (TPSA) is 47.4 Å². The molecule has 0 aliphatic carbocycles. The van der Waals surface area contributed by atoms with Crippen molar-refractivity contribution in [3.8, 4) is 5.75 Å². The Bertz CT molecular complexity index is 662. The quantitative estimate of drug-likeness (QED) is 0.822. The summed E-state index contributed by atoms with van der Waals surface area (Å²) >= 11 is 0. The summed E-state index contributed by atoms with van der Waals surface area (Å²) in [7, 11) is 3.53. The van der Waals surface area contributed by atoms with Gasteiger partial charge in [0.2, 0.25) is 0 Å². The molecule has 1 aromatic heterocycles. The second kappa shape index (κ2) is 7.11. The van der Waals surface area contributed by atoms with E-state index in [0.717, 1.165) is 11.3 Å². The molecule has 0 spiro atoms. The number of benzene rings is 1. The zero-order chi connectivity index (χ0) is 16.1. The van der Waals surface area contributed by atoms with Crippen LogP contribution in [0, 0.1) is 5.92 Å². The van der Waals surface area contributed by atoms with E-state index >= 15 is 0 Å². The van der Waals surface area contributed by atoms with E-state index in [1.807, 2.05) is 36.2 Å². The molecule has 0 N–H and O–H groups in total. The van der Waals surface area contributed by atoms with Crippen molar-refractivity contribution < 1.29 is 4.74 Å². The smallest absolute Gasteiger partial charge is 0.293 e. The first-order valence-corrected chi connectivity index (χ1v) is 7.40. The molecule has 0 aliphatic rings. The summed E-state index contributed by atoms with van der Waals surface area (Å²) in [6.45, 7) is 5.50. The Kier molecular flexibility index (Phi) is 5.20. The monoisotopic (exact) mass is 301 g/mol. The Morgan fingerprint density at radius 2 is 1.95 bits per heavy atom. The molecule has 0 bridgehead atoms. The minimum atomic E-state index is -0.0489. The van der Waals surface area contributed by atoms with Gasteiger partial charge < -0.3 is 14.2 Å². The van der Waals surface area contributed by atoms with Crippen LogP contribution in [-0.2, 0) is 13.1 Å². The SMILES string of the molecule is COc1ccc(CN(C)c2nccn(CC(C)C)c2=O)cc1. The highest BCUT2D eigenvalue weighted by Crippen LogP contribution is 2.14. The number of hydrogen-bond acceptors (Lipinski definition) is 4. The number of aromatic nitrogens is 2. The van der Waals surface area contributed by atoms with E-state index in [9.17, 15) is 4.79 Å². The van der Waals surface area contributed by atoms with Gasteiger partial charge in [0.25, 0.3) is 5.56 Å². The van der Waals surface area contributed by atoms with Gasteiger partial charge in [-0.15, -0.1) is 0 Å². The van der Waals surface area contributed by atoms with Gasteiger partial charge in [0, 0.05) is 32.5 Å². The van der Waals surface area contributed by atoms with Crippen LogP contribution >= 0.6 is 0 Å². The van der Waals surface area contributed by atoms with E-state index in [0.29, 0.717) is 24.8 Å². The van der Waals surface area contributed by atoms with Gasteiger partial charge in [-0.3, -0.25) is 4.79 Å². The number of rotatable bonds is 6. The molecule has 0 saturated carbocycles. The lowest BCUT2D eigenvalue weighted by Gasteiger charge is -2.19. The molecular weight excluding hydrogens is 278 g/mol. The molecule has 0 unspecified atom stereocenters. The molecule has 1 aromatic carbocycles. The molecule has 0 amide bonds. The largest absolute Gasteiger partial charge is 0.497 e. The van der Waals surface area contributed by atoms with Gasteiger partial charge in [-0.25, -0.2) is 4.98 Å². The van der Waals surface area contributed by atoms with E-state index in [2.05, 4.69) is 18.8 Å². The molecule has 0 aliphatic heterocycles. The van der Waals surface area contributed by atoms with Crippen LogP contribution in [0.2, 0.25) is 0 Å². The molecule has 0 atom stereocenters. The third-order valence-corrected chi connectivity index (χ3v) is 3.40. The maximum absolute atomic E-state index is 12.5. The summed E-state index contributed by atoms with van der Waals surface area (Å²) < 4.78 is 6.87. The van der Waals surface area contributed by atoms with Crippen LogP contribution in [0.5, 0.6) is 5.75 Å². The Morgan fingerprint density at radius 1 is 1.27 bits per heavy atom. The molecule has 0 saturated heterocycles. The lowest BCUT2D eigenvalue weighted by atomic mass is 10.2.